The molecule has 1 fully saturated rings. The lowest BCUT2D eigenvalue weighted by molar-refractivity contribution is 0.222. The van der Waals surface area contributed by atoms with Crippen LogP contribution in [0.25, 0.3) is 39.0 Å². The van der Waals surface area contributed by atoms with Crippen molar-refractivity contribution in [2.75, 3.05) is 18.1 Å². The molecular weight excluding hydrogens is 505 g/mol. The number of aryl methyl sites for hydroxylation is 1. The summed E-state index contributed by atoms with van der Waals surface area (Å²) in [4.78, 5) is 29.2. The minimum absolute atomic E-state index is 0.146. The molecule has 7 nitrogen and oxygen atoms in total. The maximum Gasteiger partial charge on any atom is 0.301 e. The number of halogens is 1. The number of hydrogen-bond acceptors (Lipinski definition) is 5. The summed E-state index contributed by atoms with van der Waals surface area (Å²) in [6, 6.07) is 13.4. The maximum absolute atomic E-state index is 16.3. The summed E-state index contributed by atoms with van der Waals surface area (Å²) in [7, 11) is 0. The minimum atomic E-state index is -0.456. The van der Waals surface area contributed by atoms with Gasteiger partial charge in [0.2, 0.25) is 5.75 Å². The standard InChI is InChI=1S/C32H32FN5O2/c1-17(2)21-7-5-6-8-25(21)38-31-22(29-30(32(38)39)40-15-20-11-9-18(3)14-37(20)29)13-23(33)27(36-31)26-19(4)10-12-24-28(26)35-16-34-24/h5-8,10,12-13,16-18,20H,9,11,14-15H2,1-4H3,(H,34,35)/t18-,20+/m0/s1. The summed E-state index contributed by atoms with van der Waals surface area (Å²) in [5.74, 6) is 0.430. The van der Waals surface area contributed by atoms with Crippen LogP contribution >= 0.6 is 0 Å². The Kier molecular flexibility index (Phi) is 5.70. The molecule has 0 unspecified atom stereocenters. The number of rotatable bonds is 3. The van der Waals surface area contributed by atoms with Crippen LogP contribution < -0.4 is 15.2 Å². The molecule has 8 heteroatoms. The van der Waals surface area contributed by atoms with Crippen LogP contribution in [-0.2, 0) is 0 Å². The molecule has 1 saturated heterocycles. The molecule has 0 aliphatic carbocycles. The van der Waals surface area contributed by atoms with Gasteiger partial charge in [-0.25, -0.2) is 14.4 Å². The highest BCUT2D eigenvalue weighted by atomic mass is 19.1. The van der Waals surface area contributed by atoms with Crippen molar-refractivity contribution in [1.29, 1.82) is 0 Å². The number of imidazole rings is 1. The minimum Gasteiger partial charge on any atom is -0.484 e. The van der Waals surface area contributed by atoms with E-state index in [1.807, 2.05) is 43.3 Å². The van der Waals surface area contributed by atoms with Crippen molar-refractivity contribution < 1.29 is 9.13 Å². The predicted octanol–water partition coefficient (Wildman–Crippen LogP) is 6.50. The average Bonchev–Trinajstić information content (AvgIpc) is 3.42. The number of anilines is 1. The van der Waals surface area contributed by atoms with E-state index in [0.29, 0.717) is 40.3 Å². The number of pyridine rings is 2. The highest BCUT2D eigenvalue weighted by Crippen LogP contribution is 2.43. The predicted molar refractivity (Wildman–Crippen MR) is 156 cm³/mol. The molecule has 0 spiro atoms. The Hall–Kier alpha value is -4.20. The number of fused-ring (bicyclic) bond motifs is 6. The van der Waals surface area contributed by atoms with Gasteiger partial charge in [0.15, 0.2) is 5.65 Å². The van der Waals surface area contributed by atoms with Crippen LogP contribution in [0.1, 0.15) is 50.7 Å². The van der Waals surface area contributed by atoms with Gasteiger partial charge in [-0.15, -0.1) is 0 Å². The van der Waals surface area contributed by atoms with Crippen molar-refractivity contribution in [2.24, 2.45) is 5.92 Å². The SMILES string of the molecule is Cc1ccc2[nH]cnc2c1-c1nc2c(cc1F)c1c(c(=O)n2-c2ccccc2C(C)C)OC[C@H]2CC[C@H](C)CN12. The summed E-state index contributed by atoms with van der Waals surface area (Å²) in [6.07, 6.45) is 3.67. The molecule has 0 amide bonds. The molecule has 2 aromatic carbocycles. The number of nitrogens with one attached hydrogen (secondary N) is 1. The lowest BCUT2D eigenvalue weighted by Gasteiger charge is -2.44. The molecule has 2 aliphatic heterocycles. The number of ether oxygens (including phenoxy) is 1. The molecule has 7 rings (SSSR count). The maximum atomic E-state index is 16.3. The van der Waals surface area contributed by atoms with Gasteiger partial charge in [-0.05, 0) is 60.9 Å². The Bertz CT molecular complexity index is 1860. The van der Waals surface area contributed by atoms with Gasteiger partial charge in [-0.1, -0.05) is 45.0 Å². The van der Waals surface area contributed by atoms with Crippen molar-refractivity contribution in [3.8, 4) is 22.7 Å². The van der Waals surface area contributed by atoms with Gasteiger partial charge < -0.3 is 14.6 Å². The number of aromatic amines is 1. The van der Waals surface area contributed by atoms with Crippen LogP contribution in [0.15, 0.2) is 53.6 Å². The largest absolute Gasteiger partial charge is 0.484 e. The zero-order valence-corrected chi connectivity index (χ0v) is 23.2. The first-order valence-corrected chi connectivity index (χ1v) is 14.0. The topological polar surface area (TPSA) is 76.0 Å². The Morgan fingerprint density at radius 3 is 2.80 bits per heavy atom. The van der Waals surface area contributed by atoms with Crippen LogP contribution in [0.2, 0.25) is 0 Å². The Morgan fingerprint density at radius 1 is 1.15 bits per heavy atom. The first-order valence-electron chi connectivity index (χ1n) is 14.0. The first-order chi connectivity index (χ1) is 19.3. The van der Waals surface area contributed by atoms with Crippen molar-refractivity contribution in [3.63, 3.8) is 0 Å². The number of benzene rings is 2. The normalized spacial score (nSPS) is 18.7. The zero-order chi connectivity index (χ0) is 27.7. The van der Waals surface area contributed by atoms with Crippen molar-refractivity contribution >= 4 is 27.8 Å². The van der Waals surface area contributed by atoms with Crippen LogP contribution in [-0.4, -0.2) is 38.7 Å². The molecule has 40 heavy (non-hydrogen) atoms. The number of hydrogen-bond donors (Lipinski definition) is 1. The van der Waals surface area contributed by atoms with Crippen LogP contribution in [0.5, 0.6) is 5.75 Å². The van der Waals surface area contributed by atoms with Gasteiger partial charge in [0.25, 0.3) is 0 Å². The van der Waals surface area contributed by atoms with Gasteiger partial charge >= 0.3 is 5.56 Å². The monoisotopic (exact) mass is 537 g/mol. The van der Waals surface area contributed by atoms with Gasteiger partial charge in [0.1, 0.15) is 18.1 Å². The highest BCUT2D eigenvalue weighted by Gasteiger charge is 2.37. The third-order valence-electron chi connectivity index (χ3n) is 8.52. The molecular formula is C32H32FN5O2. The Morgan fingerprint density at radius 2 is 1.98 bits per heavy atom. The van der Waals surface area contributed by atoms with E-state index in [0.717, 1.165) is 41.7 Å². The second-order valence-electron chi connectivity index (χ2n) is 11.6. The number of piperidine rings is 1. The van der Waals surface area contributed by atoms with Crippen LogP contribution in [0.3, 0.4) is 0 Å². The van der Waals surface area contributed by atoms with E-state index in [1.54, 1.807) is 17.0 Å². The molecule has 5 aromatic rings. The second kappa shape index (κ2) is 9.18. The lowest BCUT2D eigenvalue weighted by Crippen LogP contribution is -2.50. The quantitative estimate of drug-likeness (QED) is 0.284. The molecule has 2 atom stereocenters. The third kappa shape index (κ3) is 3.65. The molecule has 1 N–H and O–H groups in total. The molecule has 0 saturated carbocycles. The number of aromatic nitrogens is 4. The van der Waals surface area contributed by atoms with Crippen LogP contribution in [0.4, 0.5) is 10.1 Å². The van der Waals surface area contributed by atoms with Gasteiger partial charge in [0.05, 0.1) is 34.8 Å². The number of H-pyrrole nitrogens is 1. The van der Waals surface area contributed by atoms with Crippen molar-refractivity contribution in [1.82, 2.24) is 19.5 Å². The fraction of sp³-hybridized carbons (Fsp3) is 0.344. The smallest absolute Gasteiger partial charge is 0.301 e. The third-order valence-corrected chi connectivity index (χ3v) is 8.52. The summed E-state index contributed by atoms with van der Waals surface area (Å²) in [5, 5.41) is 0.583. The molecule has 3 aromatic heterocycles. The Labute approximate surface area is 231 Å². The summed E-state index contributed by atoms with van der Waals surface area (Å²) in [5.41, 5.74) is 5.64. The van der Waals surface area contributed by atoms with Crippen molar-refractivity contribution in [3.05, 3.63) is 76.1 Å². The van der Waals surface area contributed by atoms with E-state index < -0.39 is 5.82 Å². The number of para-hydroxylation sites is 1. The molecule has 0 bridgehead atoms. The molecule has 0 radical (unpaired) electrons. The molecule has 2 aliphatic rings. The average molecular weight is 538 g/mol. The summed E-state index contributed by atoms with van der Waals surface area (Å²) in [6.45, 7) is 9.58. The van der Waals surface area contributed by atoms with E-state index in [2.05, 4.69) is 35.6 Å². The highest BCUT2D eigenvalue weighted by molar-refractivity contribution is 5.98. The Balaban J connectivity index is 1.61. The molecule has 204 valence electrons. The van der Waals surface area contributed by atoms with E-state index >= 15 is 4.39 Å². The van der Waals surface area contributed by atoms with Gasteiger partial charge in [0, 0.05) is 17.5 Å². The van der Waals surface area contributed by atoms with E-state index in [9.17, 15) is 4.79 Å². The molecule has 5 heterocycles. The van der Waals surface area contributed by atoms with E-state index in [4.69, 9.17) is 9.72 Å². The first kappa shape index (κ1) is 24.8. The van der Waals surface area contributed by atoms with E-state index in [1.165, 1.54) is 0 Å². The van der Waals surface area contributed by atoms with Gasteiger partial charge in [-0.2, -0.15) is 0 Å². The summed E-state index contributed by atoms with van der Waals surface area (Å²) >= 11 is 0. The fourth-order valence-corrected chi connectivity index (χ4v) is 6.48. The lowest BCUT2D eigenvalue weighted by atomic mass is 9.92. The second-order valence-corrected chi connectivity index (χ2v) is 11.6. The van der Waals surface area contributed by atoms with Crippen LogP contribution in [0, 0.1) is 18.7 Å². The van der Waals surface area contributed by atoms with Crippen molar-refractivity contribution in [2.45, 2.75) is 52.5 Å². The van der Waals surface area contributed by atoms with Gasteiger partial charge in [-0.3, -0.25) is 9.36 Å². The summed E-state index contributed by atoms with van der Waals surface area (Å²) < 4.78 is 24.1. The fourth-order valence-electron chi connectivity index (χ4n) is 6.48. The van der Waals surface area contributed by atoms with E-state index in [-0.39, 0.29) is 29.0 Å². The zero-order valence-electron chi connectivity index (χ0n) is 23.2. The number of nitrogens with zero attached hydrogens (tertiary/aromatic N) is 4.